The standard InChI is InChI=1S/C17H19ClN2O3/c1-11(2)23-13-7-5-12(6-8-13)15(21)10-20-17(22)14-4-3-9-19-16(14)18/h3-9,11,15,21H,10H2,1-2H3,(H,20,22). The number of benzene rings is 1. The molecule has 0 radical (unpaired) electrons. The van der Waals surface area contributed by atoms with Crippen molar-refractivity contribution in [2.45, 2.75) is 26.1 Å². The third-order valence-corrected chi connectivity index (χ3v) is 3.40. The molecule has 1 aromatic carbocycles. The van der Waals surface area contributed by atoms with Gasteiger partial charge in [0, 0.05) is 12.7 Å². The summed E-state index contributed by atoms with van der Waals surface area (Å²) in [5.41, 5.74) is 0.973. The van der Waals surface area contributed by atoms with Crippen LogP contribution in [0.4, 0.5) is 0 Å². The van der Waals surface area contributed by atoms with Crippen molar-refractivity contribution in [3.8, 4) is 5.75 Å². The van der Waals surface area contributed by atoms with Gasteiger partial charge in [-0.25, -0.2) is 4.98 Å². The number of aromatic nitrogens is 1. The van der Waals surface area contributed by atoms with Crippen molar-refractivity contribution in [1.82, 2.24) is 10.3 Å². The highest BCUT2D eigenvalue weighted by atomic mass is 35.5. The van der Waals surface area contributed by atoms with Crippen LogP contribution in [0.5, 0.6) is 5.75 Å². The lowest BCUT2D eigenvalue weighted by Gasteiger charge is -2.14. The van der Waals surface area contributed by atoms with Gasteiger partial charge in [0.2, 0.25) is 0 Å². The molecule has 0 saturated carbocycles. The first-order chi connectivity index (χ1) is 11.0. The molecule has 1 heterocycles. The van der Waals surface area contributed by atoms with Gasteiger partial charge in [-0.05, 0) is 43.7 Å². The fraction of sp³-hybridized carbons (Fsp3) is 0.294. The molecule has 2 aromatic rings. The number of hydrogen-bond donors (Lipinski definition) is 2. The van der Waals surface area contributed by atoms with Crippen molar-refractivity contribution in [2.24, 2.45) is 0 Å². The molecular formula is C17H19ClN2O3. The number of ether oxygens (including phenoxy) is 1. The zero-order valence-electron chi connectivity index (χ0n) is 13.0. The van der Waals surface area contributed by atoms with E-state index in [0.717, 1.165) is 5.75 Å². The highest BCUT2D eigenvalue weighted by Gasteiger charge is 2.13. The summed E-state index contributed by atoms with van der Waals surface area (Å²) in [5, 5.41) is 12.9. The largest absolute Gasteiger partial charge is 0.491 e. The molecule has 0 fully saturated rings. The Hall–Kier alpha value is -2.11. The molecule has 0 aliphatic carbocycles. The molecule has 1 unspecified atom stereocenters. The van der Waals surface area contributed by atoms with Crippen molar-refractivity contribution < 1.29 is 14.6 Å². The maximum absolute atomic E-state index is 12.0. The van der Waals surface area contributed by atoms with E-state index in [1.54, 1.807) is 36.4 Å². The summed E-state index contributed by atoms with van der Waals surface area (Å²) in [6.45, 7) is 3.97. The minimum Gasteiger partial charge on any atom is -0.491 e. The summed E-state index contributed by atoms with van der Waals surface area (Å²) >= 11 is 5.86. The molecule has 1 aromatic heterocycles. The van der Waals surface area contributed by atoms with Crippen molar-refractivity contribution in [2.75, 3.05) is 6.54 Å². The highest BCUT2D eigenvalue weighted by molar-refractivity contribution is 6.32. The summed E-state index contributed by atoms with van der Waals surface area (Å²) in [6.07, 6.45) is 0.783. The maximum Gasteiger partial charge on any atom is 0.254 e. The van der Waals surface area contributed by atoms with Gasteiger partial charge in [0.25, 0.3) is 5.91 Å². The first-order valence-corrected chi connectivity index (χ1v) is 7.68. The highest BCUT2D eigenvalue weighted by Crippen LogP contribution is 2.19. The Labute approximate surface area is 140 Å². The van der Waals surface area contributed by atoms with Gasteiger partial charge in [-0.2, -0.15) is 0 Å². The second-order valence-electron chi connectivity index (χ2n) is 5.30. The molecule has 1 atom stereocenters. The van der Waals surface area contributed by atoms with Crippen molar-refractivity contribution in [1.29, 1.82) is 0 Å². The number of nitrogens with one attached hydrogen (secondary N) is 1. The van der Waals surface area contributed by atoms with Crippen LogP contribution in [0.2, 0.25) is 5.15 Å². The normalized spacial score (nSPS) is 12.0. The Morgan fingerprint density at radius 1 is 1.30 bits per heavy atom. The molecule has 2 rings (SSSR count). The summed E-state index contributed by atoms with van der Waals surface area (Å²) in [6, 6.07) is 10.3. The summed E-state index contributed by atoms with van der Waals surface area (Å²) in [5.74, 6) is 0.365. The molecule has 0 aliphatic heterocycles. The van der Waals surface area contributed by atoms with Crippen LogP contribution in [0.1, 0.15) is 35.9 Å². The van der Waals surface area contributed by atoms with Crippen LogP contribution in [0.25, 0.3) is 0 Å². The number of amides is 1. The average Bonchev–Trinajstić information content (AvgIpc) is 2.53. The van der Waals surface area contributed by atoms with Gasteiger partial charge in [-0.15, -0.1) is 0 Å². The predicted molar refractivity (Wildman–Crippen MR) is 88.7 cm³/mol. The van der Waals surface area contributed by atoms with Gasteiger partial charge >= 0.3 is 0 Å². The first-order valence-electron chi connectivity index (χ1n) is 7.30. The Morgan fingerprint density at radius 3 is 2.61 bits per heavy atom. The van der Waals surface area contributed by atoms with Crippen LogP contribution < -0.4 is 10.1 Å². The van der Waals surface area contributed by atoms with Crippen molar-refractivity contribution >= 4 is 17.5 Å². The molecule has 23 heavy (non-hydrogen) atoms. The second-order valence-corrected chi connectivity index (χ2v) is 5.66. The summed E-state index contributed by atoms with van der Waals surface area (Å²) in [4.78, 5) is 15.9. The molecule has 2 N–H and O–H groups in total. The van der Waals surface area contributed by atoms with Crippen molar-refractivity contribution in [3.05, 3.63) is 58.9 Å². The number of aliphatic hydroxyl groups is 1. The van der Waals surface area contributed by atoms with Gasteiger partial charge in [0.15, 0.2) is 0 Å². The molecule has 6 heteroatoms. The molecule has 0 bridgehead atoms. The zero-order chi connectivity index (χ0) is 16.8. The molecule has 0 saturated heterocycles. The van der Waals surface area contributed by atoms with Crippen LogP contribution in [-0.2, 0) is 0 Å². The SMILES string of the molecule is CC(C)Oc1ccc(C(O)CNC(=O)c2cccnc2Cl)cc1. The van der Waals surface area contributed by atoms with E-state index < -0.39 is 6.10 Å². The number of carbonyl (C=O) groups is 1. The van der Waals surface area contributed by atoms with Crippen LogP contribution in [0, 0.1) is 0 Å². The Morgan fingerprint density at radius 2 is 2.00 bits per heavy atom. The van der Waals surface area contributed by atoms with Gasteiger partial charge < -0.3 is 15.2 Å². The van der Waals surface area contributed by atoms with E-state index in [2.05, 4.69) is 10.3 Å². The Kier molecular flexibility index (Phi) is 5.96. The minimum atomic E-state index is -0.817. The smallest absolute Gasteiger partial charge is 0.254 e. The lowest BCUT2D eigenvalue weighted by molar-refractivity contribution is 0.0916. The summed E-state index contributed by atoms with van der Waals surface area (Å²) < 4.78 is 5.55. The van der Waals surface area contributed by atoms with Crippen LogP contribution >= 0.6 is 11.6 Å². The van der Waals surface area contributed by atoms with Gasteiger partial charge in [-0.1, -0.05) is 23.7 Å². The van der Waals surface area contributed by atoms with E-state index in [1.807, 2.05) is 13.8 Å². The number of hydrogen-bond acceptors (Lipinski definition) is 4. The fourth-order valence-electron chi connectivity index (χ4n) is 2.00. The number of pyridine rings is 1. The van der Waals surface area contributed by atoms with Crippen LogP contribution in [-0.4, -0.2) is 28.6 Å². The van der Waals surface area contributed by atoms with Gasteiger partial charge in [-0.3, -0.25) is 4.79 Å². The quantitative estimate of drug-likeness (QED) is 0.797. The number of carbonyl (C=O) groups excluding carboxylic acids is 1. The lowest BCUT2D eigenvalue weighted by Crippen LogP contribution is -2.28. The van der Waals surface area contributed by atoms with E-state index in [1.165, 1.54) is 6.20 Å². The first kappa shape index (κ1) is 17.2. The second kappa shape index (κ2) is 7.94. The molecular weight excluding hydrogens is 316 g/mol. The zero-order valence-corrected chi connectivity index (χ0v) is 13.7. The Bertz CT molecular complexity index is 659. The maximum atomic E-state index is 12.0. The molecule has 5 nitrogen and oxygen atoms in total. The van der Waals surface area contributed by atoms with Crippen LogP contribution in [0.15, 0.2) is 42.6 Å². The Balaban J connectivity index is 1.93. The van der Waals surface area contributed by atoms with E-state index in [9.17, 15) is 9.90 Å². The number of nitrogens with zero attached hydrogens (tertiary/aromatic N) is 1. The van der Waals surface area contributed by atoms with Crippen molar-refractivity contribution in [3.63, 3.8) is 0 Å². The minimum absolute atomic E-state index is 0.0778. The lowest BCUT2D eigenvalue weighted by atomic mass is 10.1. The summed E-state index contributed by atoms with van der Waals surface area (Å²) in [7, 11) is 0. The third kappa shape index (κ3) is 4.94. The monoisotopic (exact) mass is 334 g/mol. The van der Waals surface area contributed by atoms with E-state index in [0.29, 0.717) is 5.56 Å². The third-order valence-electron chi connectivity index (χ3n) is 3.10. The number of aliphatic hydroxyl groups excluding tert-OH is 1. The topological polar surface area (TPSA) is 71.5 Å². The molecule has 0 spiro atoms. The predicted octanol–water partition coefficient (Wildman–Crippen LogP) is 2.99. The van der Waals surface area contributed by atoms with Gasteiger partial charge in [0.1, 0.15) is 10.9 Å². The fourth-order valence-corrected chi connectivity index (χ4v) is 2.20. The van der Waals surface area contributed by atoms with Gasteiger partial charge in [0.05, 0.1) is 17.8 Å². The van der Waals surface area contributed by atoms with E-state index in [-0.39, 0.29) is 29.3 Å². The number of halogens is 1. The average molecular weight is 335 g/mol. The molecule has 122 valence electrons. The molecule has 0 aliphatic rings. The van der Waals surface area contributed by atoms with E-state index in [4.69, 9.17) is 16.3 Å². The number of rotatable bonds is 6. The van der Waals surface area contributed by atoms with Crippen LogP contribution in [0.3, 0.4) is 0 Å². The van der Waals surface area contributed by atoms with E-state index >= 15 is 0 Å². The molecule has 1 amide bonds.